The predicted octanol–water partition coefficient (Wildman–Crippen LogP) is 0.902. The number of hydrogen-bond acceptors (Lipinski definition) is 9. The van der Waals surface area contributed by atoms with E-state index in [4.69, 9.17) is 24.1 Å². The molecule has 0 unspecified atom stereocenters. The first-order valence-corrected chi connectivity index (χ1v) is 8.16. The third-order valence-corrected chi connectivity index (χ3v) is 3.11. The molecule has 0 amide bonds. The summed E-state index contributed by atoms with van der Waals surface area (Å²) >= 11 is 0. The van der Waals surface area contributed by atoms with Crippen molar-refractivity contribution < 1.29 is 43.2 Å². The van der Waals surface area contributed by atoms with E-state index in [1.807, 2.05) is 0 Å². The molecular weight excluding hydrogens is 360 g/mol. The van der Waals surface area contributed by atoms with Crippen molar-refractivity contribution in [2.45, 2.75) is 39.4 Å². The Morgan fingerprint density at radius 3 is 1.89 bits per heavy atom. The molecule has 1 aromatic carbocycles. The third kappa shape index (κ3) is 9.95. The van der Waals surface area contributed by atoms with Crippen LogP contribution in [-0.2, 0) is 40.0 Å². The number of aliphatic hydroxyl groups is 1. The smallest absolute Gasteiger partial charge is 0.311 e. The van der Waals surface area contributed by atoms with Gasteiger partial charge in [0, 0.05) is 13.8 Å². The highest BCUT2D eigenvalue weighted by atomic mass is 16.6. The van der Waals surface area contributed by atoms with Gasteiger partial charge in [0.05, 0.1) is 19.4 Å². The van der Waals surface area contributed by atoms with Crippen molar-refractivity contribution in [2.24, 2.45) is 0 Å². The highest BCUT2D eigenvalue weighted by Crippen LogP contribution is 2.13. The van der Waals surface area contributed by atoms with Crippen LogP contribution in [0.5, 0.6) is 5.75 Å². The Morgan fingerprint density at radius 2 is 1.41 bits per heavy atom. The maximum Gasteiger partial charge on any atom is 0.311 e. The van der Waals surface area contributed by atoms with Gasteiger partial charge in [0.1, 0.15) is 19.0 Å². The second-order valence-electron chi connectivity index (χ2n) is 5.49. The normalized spacial score (nSPS) is 10.2. The summed E-state index contributed by atoms with van der Waals surface area (Å²) in [5, 5.41) is 8.95. The zero-order valence-electron chi connectivity index (χ0n) is 15.1. The molecule has 0 heterocycles. The first-order valence-electron chi connectivity index (χ1n) is 8.16. The Bertz CT molecular complexity index is 633. The van der Waals surface area contributed by atoms with E-state index in [2.05, 4.69) is 0 Å². The Kier molecular flexibility index (Phi) is 9.52. The molecule has 0 spiro atoms. The van der Waals surface area contributed by atoms with Crippen molar-refractivity contribution in [1.82, 2.24) is 0 Å². The van der Waals surface area contributed by atoms with Gasteiger partial charge in [0.15, 0.2) is 6.10 Å². The molecule has 9 nitrogen and oxygen atoms in total. The molecule has 148 valence electrons. The maximum absolute atomic E-state index is 11.8. The summed E-state index contributed by atoms with van der Waals surface area (Å²) in [5.41, 5.74) is 0.671. The number of rotatable bonds is 10. The molecule has 0 aliphatic rings. The van der Waals surface area contributed by atoms with Crippen molar-refractivity contribution in [1.29, 1.82) is 0 Å². The fourth-order valence-electron chi connectivity index (χ4n) is 1.83. The van der Waals surface area contributed by atoms with Crippen molar-refractivity contribution in [3.05, 3.63) is 29.8 Å². The number of esters is 4. The maximum atomic E-state index is 11.8. The average Bonchev–Trinajstić information content (AvgIpc) is 2.62. The lowest BCUT2D eigenvalue weighted by Gasteiger charge is -2.17. The van der Waals surface area contributed by atoms with E-state index in [1.165, 1.54) is 26.0 Å². The van der Waals surface area contributed by atoms with Gasteiger partial charge in [-0.3, -0.25) is 19.2 Å². The molecular formula is C18H22O9. The number of hydrogen-bond donors (Lipinski definition) is 1. The molecule has 0 bridgehead atoms. The summed E-state index contributed by atoms with van der Waals surface area (Å²) in [6.45, 7) is 1.72. The Balaban J connectivity index is 2.43. The summed E-state index contributed by atoms with van der Waals surface area (Å²) in [7, 11) is 0. The molecule has 1 rings (SSSR count). The third-order valence-electron chi connectivity index (χ3n) is 3.11. The highest BCUT2D eigenvalue weighted by Gasteiger charge is 2.19. The zero-order valence-corrected chi connectivity index (χ0v) is 15.1. The number of aliphatic hydroxyl groups excluding tert-OH is 1. The lowest BCUT2D eigenvalue weighted by molar-refractivity contribution is -0.165. The van der Waals surface area contributed by atoms with Crippen LogP contribution in [0.25, 0.3) is 0 Å². The van der Waals surface area contributed by atoms with Crippen molar-refractivity contribution in [3.8, 4) is 5.75 Å². The van der Waals surface area contributed by atoms with Crippen molar-refractivity contribution in [3.63, 3.8) is 0 Å². The summed E-state index contributed by atoms with van der Waals surface area (Å²) in [5.74, 6) is -2.23. The second-order valence-corrected chi connectivity index (χ2v) is 5.49. The van der Waals surface area contributed by atoms with Crippen LogP contribution in [-0.4, -0.2) is 48.3 Å². The average molecular weight is 382 g/mol. The van der Waals surface area contributed by atoms with Crippen molar-refractivity contribution in [2.75, 3.05) is 13.2 Å². The monoisotopic (exact) mass is 382 g/mol. The van der Waals surface area contributed by atoms with Gasteiger partial charge in [-0.2, -0.15) is 0 Å². The molecule has 0 saturated carbocycles. The number of carbonyl (C=O) groups excluding carboxylic acids is 4. The van der Waals surface area contributed by atoms with E-state index < -0.39 is 30.0 Å². The van der Waals surface area contributed by atoms with Gasteiger partial charge in [-0.15, -0.1) is 0 Å². The van der Waals surface area contributed by atoms with E-state index >= 15 is 0 Å². The van der Waals surface area contributed by atoms with Gasteiger partial charge in [-0.05, 0) is 17.7 Å². The van der Waals surface area contributed by atoms with Crippen LogP contribution in [0.15, 0.2) is 24.3 Å². The molecule has 1 aromatic rings. The summed E-state index contributed by atoms with van der Waals surface area (Å²) < 4.78 is 19.6. The van der Waals surface area contributed by atoms with Gasteiger partial charge >= 0.3 is 23.9 Å². The molecule has 0 aliphatic carbocycles. The molecule has 9 heteroatoms. The summed E-state index contributed by atoms with van der Waals surface area (Å²) in [6, 6.07) is 6.25. The van der Waals surface area contributed by atoms with Gasteiger partial charge in [-0.25, -0.2) is 0 Å². The molecule has 0 saturated heterocycles. The molecule has 0 aromatic heterocycles. The molecule has 0 fully saturated rings. The largest absolute Gasteiger partial charge is 0.462 e. The van der Waals surface area contributed by atoms with Crippen LogP contribution in [0.4, 0.5) is 0 Å². The van der Waals surface area contributed by atoms with Gasteiger partial charge in [0.25, 0.3) is 0 Å². The highest BCUT2D eigenvalue weighted by molar-refractivity contribution is 5.79. The number of carbonyl (C=O) groups is 4. The minimum absolute atomic E-state index is 0.123. The van der Waals surface area contributed by atoms with Crippen LogP contribution >= 0.6 is 0 Å². The molecule has 0 radical (unpaired) electrons. The van der Waals surface area contributed by atoms with E-state index in [9.17, 15) is 19.2 Å². The van der Waals surface area contributed by atoms with Crippen LogP contribution in [0.2, 0.25) is 0 Å². The van der Waals surface area contributed by atoms with E-state index in [1.54, 1.807) is 12.1 Å². The Labute approximate surface area is 156 Å². The quantitative estimate of drug-likeness (QED) is 0.357. The molecule has 0 aliphatic heterocycles. The molecule has 1 N–H and O–H groups in total. The van der Waals surface area contributed by atoms with E-state index in [0.29, 0.717) is 5.56 Å². The lowest BCUT2D eigenvalue weighted by atomic mass is 10.2. The van der Waals surface area contributed by atoms with E-state index in [0.717, 1.165) is 0 Å². The van der Waals surface area contributed by atoms with Gasteiger partial charge in [0.2, 0.25) is 0 Å². The lowest BCUT2D eigenvalue weighted by Crippen LogP contribution is -2.30. The SMILES string of the molecule is CC(=O)OCC(COC(C)=O)OC(=O)CCC(=O)Oc1ccc(CO)cc1. The summed E-state index contributed by atoms with van der Waals surface area (Å²) in [6.07, 6.45) is -1.45. The Hall–Kier alpha value is -2.94. The van der Waals surface area contributed by atoms with Crippen LogP contribution in [0, 0.1) is 0 Å². The zero-order chi connectivity index (χ0) is 20.2. The first kappa shape index (κ1) is 22.1. The standard InChI is InChI=1S/C18H22O9/c1-12(20)24-10-16(11-25-13(2)21)27-18(23)8-7-17(22)26-15-5-3-14(9-19)4-6-15/h3-6,16,19H,7-11H2,1-2H3. The minimum Gasteiger partial charge on any atom is -0.462 e. The Morgan fingerprint density at radius 1 is 0.889 bits per heavy atom. The van der Waals surface area contributed by atoms with Crippen LogP contribution in [0.3, 0.4) is 0 Å². The van der Waals surface area contributed by atoms with Crippen molar-refractivity contribution >= 4 is 23.9 Å². The van der Waals surface area contributed by atoms with Gasteiger partial charge in [-0.1, -0.05) is 12.1 Å². The first-order chi connectivity index (χ1) is 12.8. The number of ether oxygens (including phenoxy) is 4. The van der Waals surface area contributed by atoms with Crippen LogP contribution < -0.4 is 4.74 Å². The molecule has 27 heavy (non-hydrogen) atoms. The second kappa shape index (κ2) is 11.6. The topological polar surface area (TPSA) is 125 Å². The fourth-order valence-corrected chi connectivity index (χ4v) is 1.83. The number of benzene rings is 1. The van der Waals surface area contributed by atoms with Crippen LogP contribution in [0.1, 0.15) is 32.3 Å². The fraction of sp³-hybridized carbons (Fsp3) is 0.444. The molecule has 0 atom stereocenters. The van der Waals surface area contributed by atoms with Gasteiger partial charge < -0.3 is 24.1 Å². The van der Waals surface area contributed by atoms with E-state index in [-0.39, 0.29) is 38.4 Å². The predicted molar refractivity (Wildman–Crippen MR) is 90.4 cm³/mol. The minimum atomic E-state index is -0.965. The summed E-state index contributed by atoms with van der Waals surface area (Å²) in [4.78, 5) is 45.3.